The van der Waals surface area contributed by atoms with E-state index < -0.39 is 24.8 Å². The molecule has 1 saturated carbocycles. The lowest BCUT2D eigenvalue weighted by molar-refractivity contribution is 0.147. The molecule has 5 rings (SSSR count). The monoisotopic (exact) mass is 663 g/mol. The van der Waals surface area contributed by atoms with E-state index in [4.69, 9.17) is 29.0 Å². The highest BCUT2D eigenvalue weighted by Gasteiger charge is 2.43. The number of hydrogen-bond acceptors (Lipinski definition) is 7. The maximum Gasteiger partial charge on any atom is 0.192 e. The van der Waals surface area contributed by atoms with Crippen molar-refractivity contribution in [2.24, 2.45) is 0 Å². The molecule has 0 radical (unpaired) electrons. The van der Waals surface area contributed by atoms with Crippen LogP contribution < -0.4 is 9.46 Å². The van der Waals surface area contributed by atoms with Crippen LogP contribution in [-0.2, 0) is 32.3 Å². The van der Waals surface area contributed by atoms with Crippen molar-refractivity contribution in [3.05, 3.63) is 66.1 Å². The average molecular weight is 664 g/mol. The molecule has 0 amide bonds. The number of aromatic nitrogens is 4. The fourth-order valence-corrected chi connectivity index (χ4v) is 6.96. The maximum absolute atomic E-state index is 13.1. The minimum Gasteiger partial charge on any atom is -0.490 e. The molecule has 1 aliphatic carbocycles. The summed E-state index contributed by atoms with van der Waals surface area (Å²) in [4.78, 5) is 10.1. The molecule has 1 N–H and O–H groups in total. The fourth-order valence-electron chi connectivity index (χ4n) is 5.05. The standard InChI is InChI=1S/C35H49N5O4SSi/c1-33(2,3)45(41)39-35(17-12-18-35)31-15-11-14-28(38-31)25-21-29-27(30(22-25)43-20-19-42-7)23-36-40(29)32-16-10-13-26(37-32)24-44-46(8,9)34(4,5)6/h10-11,13-16,21-23,39H,12,17-20,24H2,1-9H3/t45-/m1/s1. The van der Waals surface area contributed by atoms with E-state index in [0.29, 0.717) is 31.4 Å². The highest BCUT2D eigenvalue weighted by Crippen LogP contribution is 2.42. The predicted molar refractivity (Wildman–Crippen MR) is 188 cm³/mol. The van der Waals surface area contributed by atoms with Crippen molar-refractivity contribution in [1.29, 1.82) is 0 Å². The smallest absolute Gasteiger partial charge is 0.192 e. The van der Waals surface area contributed by atoms with Crippen LogP contribution in [0.5, 0.6) is 5.75 Å². The molecule has 1 fully saturated rings. The first-order valence-corrected chi connectivity index (χ1v) is 20.1. The second kappa shape index (κ2) is 13.3. The Morgan fingerprint density at radius 2 is 1.74 bits per heavy atom. The quantitative estimate of drug-likeness (QED) is 0.124. The molecule has 0 saturated heterocycles. The topological polar surface area (TPSA) is 100 Å². The Hall–Kier alpha value is -2.96. The number of benzene rings is 1. The van der Waals surface area contributed by atoms with E-state index in [-0.39, 0.29) is 9.79 Å². The minimum atomic E-state index is -1.94. The van der Waals surface area contributed by atoms with E-state index in [0.717, 1.165) is 52.8 Å². The average Bonchev–Trinajstić information content (AvgIpc) is 3.41. The number of rotatable bonds is 12. The molecule has 0 bridgehead atoms. The number of nitrogens with one attached hydrogen (secondary N) is 1. The maximum atomic E-state index is 13.1. The van der Waals surface area contributed by atoms with Crippen LogP contribution in [0, 0.1) is 0 Å². The molecule has 11 heteroatoms. The summed E-state index contributed by atoms with van der Waals surface area (Å²) in [5, 5.41) is 5.75. The summed E-state index contributed by atoms with van der Waals surface area (Å²) < 4.78 is 36.0. The first-order valence-electron chi connectivity index (χ1n) is 16.0. The molecule has 3 aromatic heterocycles. The van der Waals surface area contributed by atoms with Crippen LogP contribution in [0.25, 0.3) is 28.0 Å². The van der Waals surface area contributed by atoms with Crippen LogP contribution in [0.1, 0.15) is 72.2 Å². The van der Waals surface area contributed by atoms with Crippen molar-refractivity contribution in [3.8, 4) is 22.8 Å². The van der Waals surface area contributed by atoms with Crippen molar-refractivity contribution in [2.45, 2.75) is 95.8 Å². The minimum absolute atomic E-state index is 0.113. The van der Waals surface area contributed by atoms with Gasteiger partial charge in [-0.25, -0.2) is 18.6 Å². The summed E-state index contributed by atoms with van der Waals surface area (Å²) in [7, 11) is -1.49. The summed E-state index contributed by atoms with van der Waals surface area (Å²) in [6, 6.07) is 16.1. The predicted octanol–water partition coefficient (Wildman–Crippen LogP) is 7.46. The summed E-state index contributed by atoms with van der Waals surface area (Å²) in [6.45, 7) is 18.5. The van der Waals surface area contributed by atoms with Gasteiger partial charge in [0.25, 0.3) is 0 Å². The Bertz CT molecular complexity index is 1710. The normalized spacial score (nSPS) is 15.9. The second-order valence-electron chi connectivity index (χ2n) is 14.7. The van der Waals surface area contributed by atoms with E-state index >= 15 is 0 Å². The third kappa shape index (κ3) is 7.28. The lowest BCUT2D eigenvalue weighted by atomic mass is 9.75. The van der Waals surface area contributed by atoms with Crippen LogP contribution >= 0.6 is 0 Å². The Kier molecular flexibility index (Phi) is 9.92. The van der Waals surface area contributed by atoms with Crippen LogP contribution in [0.4, 0.5) is 0 Å². The van der Waals surface area contributed by atoms with Gasteiger partial charge >= 0.3 is 0 Å². The third-order valence-electron chi connectivity index (χ3n) is 9.18. The zero-order valence-corrected chi connectivity index (χ0v) is 30.6. The lowest BCUT2D eigenvalue weighted by Gasteiger charge is -2.43. The summed E-state index contributed by atoms with van der Waals surface area (Å²) in [5.41, 5.74) is 3.92. The molecular weight excluding hydrogens is 615 g/mol. The van der Waals surface area contributed by atoms with Gasteiger partial charge in [0.2, 0.25) is 0 Å². The van der Waals surface area contributed by atoms with E-state index in [9.17, 15) is 4.21 Å². The molecule has 0 spiro atoms. The lowest BCUT2D eigenvalue weighted by Crippen LogP contribution is -2.52. The van der Waals surface area contributed by atoms with Gasteiger partial charge in [-0.1, -0.05) is 32.9 Å². The summed E-state index contributed by atoms with van der Waals surface area (Å²) in [5.74, 6) is 1.40. The first kappa shape index (κ1) is 34.4. The fraction of sp³-hybridized carbons (Fsp3) is 0.514. The molecule has 1 aliphatic rings. The molecule has 3 heterocycles. The first-order chi connectivity index (χ1) is 21.6. The molecule has 0 unspecified atom stereocenters. The van der Waals surface area contributed by atoms with Gasteiger partial charge < -0.3 is 13.9 Å². The van der Waals surface area contributed by atoms with E-state index in [2.05, 4.69) is 44.7 Å². The molecule has 248 valence electrons. The van der Waals surface area contributed by atoms with Gasteiger partial charge in [0.1, 0.15) is 12.4 Å². The third-order valence-corrected chi connectivity index (χ3v) is 15.3. The van der Waals surface area contributed by atoms with Crippen molar-refractivity contribution in [2.75, 3.05) is 20.3 Å². The molecule has 1 aromatic carbocycles. The number of nitrogens with zero attached hydrogens (tertiary/aromatic N) is 4. The van der Waals surface area contributed by atoms with Crippen LogP contribution in [0.2, 0.25) is 18.1 Å². The summed E-state index contributed by atoms with van der Waals surface area (Å²) in [6.07, 6.45) is 4.67. The van der Waals surface area contributed by atoms with Gasteiger partial charge in [-0.05, 0) is 94.6 Å². The number of methoxy groups -OCH3 is 1. The highest BCUT2D eigenvalue weighted by atomic mass is 32.2. The Morgan fingerprint density at radius 3 is 2.39 bits per heavy atom. The zero-order valence-electron chi connectivity index (χ0n) is 28.8. The highest BCUT2D eigenvalue weighted by molar-refractivity contribution is 7.84. The Morgan fingerprint density at radius 1 is 1.00 bits per heavy atom. The molecule has 46 heavy (non-hydrogen) atoms. The molecule has 1 atom stereocenters. The number of ether oxygens (including phenoxy) is 2. The van der Waals surface area contributed by atoms with E-state index in [1.165, 1.54) is 0 Å². The largest absolute Gasteiger partial charge is 0.490 e. The van der Waals surface area contributed by atoms with E-state index in [1.54, 1.807) is 7.11 Å². The van der Waals surface area contributed by atoms with Crippen LogP contribution in [-0.4, -0.2) is 57.3 Å². The summed E-state index contributed by atoms with van der Waals surface area (Å²) >= 11 is 0. The van der Waals surface area contributed by atoms with Gasteiger partial charge in [0.05, 0.1) is 68.7 Å². The molecular formula is C35H49N5O4SSi. The van der Waals surface area contributed by atoms with Crippen LogP contribution in [0.3, 0.4) is 0 Å². The second-order valence-corrected chi connectivity index (χ2v) is 21.4. The van der Waals surface area contributed by atoms with E-state index in [1.807, 2.05) is 74.1 Å². The van der Waals surface area contributed by atoms with Gasteiger partial charge in [0, 0.05) is 12.7 Å². The molecule has 0 aliphatic heterocycles. The zero-order chi connectivity index (χ0) is 33.3. The van der Waals surface area contributed by atoms with Crippen molar-refractivity contribution >= 4 is 30.2 Å². The Balaban J connectivity index is 1.53. The van der Waals surface area contributed by atoms with Gasteiger partial charge in [-0.3, -0.25) is 4.98 Å². The van der Waals surface area contributed by atoms with Gasteiger partial charge in [0.15, 0.2) is 14.1 Å². The van der Waals surface area contributed by atoms with Crippen LogP contribution in [0.15, 0.2) is 54.7 Å². The number of pyridine rings is 2. The molecule has 9 nitrogen and oxygen atoms in total. The van der Waals surface area contributed by atoms with Crippen molar-refractivity contribution in [1.82, 2.24) is 24.5 Å². The SMILES string of the molecule is COCCOc1cc(-c2cccc(C3(N[S@](=O)C(C)(C)C)CCC3)n2)cc2c1cnn2-c1cccc(CO[Si](C)(C)C(C)(C)C)n1. The number of hydrogen-bond donors (Lipinski definition) is 1. The number of fused-ring (bicyclic) bond motifs is 1. The molecule has 4 aromatic rings. The Labute approximate surface area is 277 Å². The van der Waals surface area contributed by atoms with Gasteiger partial charge in [-0.2, -0.15) is 5.10 Å². The van der Waals surface area contributed by atoms with Crippen molar-refractivity contribution < 1.29 is 18.1 Å². The van der Waals surface area contributed by atoms with Crippen molar-refractivity contribution in [3.63, 3.8) is 0 Å². The van der Waals surface area contributed by atoms with Gasteiger partial charge in [-0.15, -0.1) is 0 Å².